The molecule has 2 rings (SSSR count). The average Bonchev–Trinajstić information content (AvgIpc) is 2.92. The van der Waals surface area contributed by atoms with Gasteiger partial charge in [-0.1, -0.05) is 0 Å². The monoisotopic (exact) mass is 278 g/mol. The minimum atomic E-state index is 0.266. The molecule has 1 unspecified atom stereocenters. The molecule has 2 heterocycles. The molecule has 0 saturated carbocycles. The zero-order chi connectivity index (χ0) is 14.5. The van der Waals surface area contributed by atoms with Crippen molar-refractivity contribution in [3.05, 3.63) is 18.2 Å². The summed E-state index contributed by atoms with van der Waals surface area (Å²) in [5.41, 5.74) is 0. The van der Waals surface area contributed by atoms with E-state index in [2.05, 4.69) is 35.5 Å². The summed E-state index contributed by atoms with van der Waals surface area (Å²) in [6.07, 6.45) is 7.39. The van der Waals surface area contributed by atoms with Crippen LogP contribution in [0.15, 0.2) is 12.4 Å². The third-order valence-electron chi connectivity index (χ3n) is 4.18. The molecule has 20 heavy (non-hydrogen) atoms. The quantitative estimate of drug-likeness (QED) is 0.817. The van der Waals surface area contributed by atoms with E-state index in [0.717, 1.165) is 38.3 Å². The molecule has 5 heteroatoms. The highest BCUT2D eigenvalue weighted by Gasteiger charge is 2.24. The molecule has 112 valence electrons. The number of aromatic nitrogens is 2. The van der Waals surface area contributed by atoms with Gasteiger partial charge < -0.3 is 14.4 Å². The SMILES string of the molecule is CCn1ccnc1CCC(=O)N1CCCC(N(C)C)C1. The minimum absolute atomic E-state index is 0.266. The van der Waals surface area contributed by atoms with Crippen molar-refractivity contribution in [3.63, 3.8) is 0 Å². The molecular weight excluding hydrogens is 252 g/mol. The van der Waals surface area contributed by atoms with E-state index in [0.29, 0.717) is 12.5 Å². The van der Waals surface area contributed by atoms with Gasteiger partial charge in [0.1, 0.15) is 5.82 Å². The number of amides is 1. The summed E-state index contributed by atoms with van der Waals surface area (Å²) in [6, 6.07) is 0.505. The fraction of sp³-hybridized carbons (Fsp3) is 0.733. The highest BCUT2D eigenvalue weighted by atomic mass is 16.2. The largest absolute Gasteiger partial charge is 0.341 e. The van der Waals surface area contributed by atoms with Crippen LogP contribution >= 0.6 is 0 Å². The molecule has 1 aliphatic heterocycles. The Bertz CT molecular complexity index is 441. The summed E-state index contributed by atoms with van der Waals surface area (Å²) >= 11 is 0. The van der Waals surface area contributed by atoms with E-state index in [4.69, 9.17) is 0 Å². The third kappa shape index (κ3) is 3.60. The fourth-order valence-corrected chi connectivity index (χ4v) is 2.84. The number of likely N-dealkylation sites (tertiary alicyclic amines) is 1. The van der Waals surface area contributed by atoms with Crippen molar-refractivity contribution in [1.29, 1.82) is 0 Å². The molecule has 1 aromatic heterocycles. The second-order valence-corrected chi connectivity index (χ2v) is 5.73. The first-order chi connectivity index (χ1) is 9.61. The topological polar surface area (TPSA) is 41.4 Å². The Kier molecular flexibility index (Phi) is 5.17. The molecule has 1 aromatic rings. The van der Waals surface area contributed by atoms with Gasteiger partial charge in [-0.15, -0.1) is 0 Å². The van der Waals surface area contributed by atoms with Gasteiger partial charge in [0.15, 0.2) is 0 Å². The molecule has 5 nitrogen and oxygen atoms in total. The number of carbonyl (C=O) groups is 1. The number of carbonyl (C=O) groups excluding carboxylic acids is 1. The maximum Gasteiger partial charge on any atom is 0.223 e. The average molecular weight is 278 g/mol. The number of imidazole rings is 1. The summed E-state index contributed by atoms with van der Waals surface area (Å²) in [4.78, 5) is 20.9. The Morgan fingerprint density at radius 2 is 2.30 bits per heavy atom. The number of likely N-dealkylation sites (N-methyl/N-ethyl adjacent to an activating group) is 1. The second kappa shape index (κ2) is 6.88. The Balaban J connectivity index is 1.85. The van der Waals surface area contributed by atoms with E-state index in [1.165, 1.54) is 6.42 Å². The molecule has 0 N–H and O–H groups in total. The standard InChI is InChI=1S/C15H26N4O/c1-4-18-11-9-16-14(18)7-8-15(20)19-10-5-6-13(12-19)17(2)3/h9,11,13H,4-8,10,12H2,1-3H3. The lowest BCUT2D eigenvalue weighted by molar-refractivity contribution is -0.133. The lowest BCUT2D eigenvalue weighted by Gasteiger charge is -2.36. The van der Waals surface area contributed by atoms with E-state index >= 15 is 0 Å². The summed E-state index contributed by atoms with van der Waals surface area (Å²) < 4.78 is 2.10. The van der Waals surface area contributed by atoms with Crippen molar-refractivity contribution in [2.24, 2.45) is 0 Å². The maximum absolute atomic E-state index is 12.3. The van der Waals surface area contributed by atoms with Gasteiger partial charge in [-0.2, -0.15) is 0 Å². The summed E-state index contributed by atoms with van der Waals surface area (Å²) in [5, 5.41) is 0. The van der Waals surface area contributed by atoms with Gasteiger partial charge in [0.2, 0.25) is 5.91 Å². The van der Waals surface area contributed by atoms with Crippen LogP contribution in [0.5, 0.6) is 0 Å². The van der Waals surface area contributed by atoms with Crippen LogP contribution in [-0.2, 0) is 17.8 Å². The van der Waals surface area contributed by atoms with Crippen LogP contribution in [0.2, 0.25) is 0 Å². The van der Waals surface area contributed by atoms with Gasteiger partial charge in [0.25, 0.3) is 0 Å². The fourth-order valence-electron chi connectivity index (χ4n) is 2.84. The van der Waals surface area contributed by atoms with Gasteiger partial charge in [-0.05, 0) is 33.9 Å². The lowest BCUT2D eigenvalue weighted by Crippen LogP contribution is -2.47. The number of aryl methyl sites for hydroxylation is 2. The van der Waals surface area contributed by atoms with Gasteiger partial charge in [-0.3, -0.25) is 4.79 Å². The smallest absolute Gasteiger partial charge is 0.223 e. The Morgan fingerprint density at radius 3 is 3.00 bits per heavy atom. The summed E-state index contributed by atoms with van der Waals surface area (Å²) in [5.74, 6) is 1.28. The van der Waals surface area contributed by atoms with Crippen LogP contribution in [-0.4, -0.2) is 58.5 Å². The van der Waals surface area contributed by atoms with Gasteiger partial charge in [0, 0.05) is 50.9 Å². The first-order valence-corrected chi connectivity index (χ1v) is 7.56. The predicted octanol–water partition coefficient (Wildman–Crippen LogP) is 1.39. The molecule has 1 saturated heterocycles. The van der Waals surface area contributed by atoms with Crippen LogP contribution in [0.25, 0.3) is 0 Å². The van der Waals surface area contributed by atoms with Crippen molar-refractivity contribution in [2.45, 2.75) is 45.2 Å². The zero-order valence-corrected chi connectivity index (χ0v) is 12.9. The summed E-state index contributed by atoms with van der Waals surface area (Å²) in [7, 11) is 4.19. The molecule has 0 aliphatic carbocycles. The summed E-state index contributed by atoms with van der Waals surface area (Å²) in [6.45, 7) is 4.79. The molecular formula is C15H26N4O. The second-order valence-electron chi connectivity index (χ2n) is 5.73. The van der Waals surface area contributed by atoms with E-state index in [-0.39, 0.29) is 5.91 Å². The number of rotatable bonds is 5. The molecule has 1 amide bonds. The number of hydrogen-bond acceptors (Lipinski definition) is 3. The molecule has 1 fully saturated rings. The van der Waals surface area contributed by atoms with Crippen molar-refractivity contribution in [3.8, 4) is 0 Å². The number of nitrogens with zero attached hydrogens (tertiary/aromatic N) is 4. The van der Waals surface area contributed by atoms with Crippen molar-refractivity contribution >= 4 is 5.91 Å². The Morgan fingerprint density at radius 1 is 1.50 bits per heavy atom. The molecule has 1 atom stereocenters. The van der Waals surface area contributed by atoms with Crippen molar-refractivity contribution in [1.82, 2.24) is 19.4 Å². The van der Waals surface area contributed by atoms with Crippen LogP contribution in [0.1, 0.15) is 32.0 Å². The first-order valence-electron chi connectivity index (χ1n) is 7.56. The number of piperidine rings is 1. The highest BCUT2D eigenvalue weighted by Crippen LogP contribution is 2.15. The van der Waals surface area contributed by atoms with Crippen molar-refractivity contribution < 1.29 is 4.79 Å². The third-order valence-corrected chi connectivity index (χ3v) is 4.18. The zero-order valence-electron chi connectivity index (χ0n) is 12.9. The maximum atomic E-state index is 12.3. The molecule has 1 aliphatic rings. The molecule has 0 bridgehead atoms. The van der Waals surface area contributed by atoms with E-state index in [1.54, 1.807) is 0 Å². The van der Waals surface area contributed by atoms with Gasteiger partial charge in [0.05, 0.1) is 0 Å². The minimum Gasteiger partial charge on any atom is -0.341 e. The molecule has 0 aromatic carbocycles. The van der Waals surface area contributed by atoms with Crippen LogP contribution in [0.4, 0.5) is 0 Å². The van der Waals surface area contributed by atoms with E-state index in [1.807, 2.05) is 17.3 Å². The van der Waals surface area contributed by atoms with Gasteiger partial charge in [-0.25, -0.2) is 4.98 Å². The van der Waals surface area contributed by atoms with Crippen LogP contribution in [0, 0.1) is 0 Å². The Hall–Kier alpha value is -1.36. The van der Waals surface area contributed by atoms with Crippen LogP contribution < -0.4 is 0 Å². The predicted molar refractivity (Wildman–Crippen MR) is 79.5 cm³/mol. The Labute approximate surface area is 121 Å². The van der Waals surface area contributed by atoms with Crippen molar-refractivity contribution in [2.75, 3.05) is 27.2 Å². The van der Waals surface area contributed by atoms with E-state index in [9.17, 15) is 4.79 Å². The number of hydrogen-bond donors (Lipinski definition) is 0. The van der Waals surface area contributed by atoms with Crippen LogP contribution in [0.3, 0.4) is 0 Å². The first kappa shape index (κ1) is 15.0. The molecule has 0 radical (unpaired) electrons. The van der Waals surface area contributed by atoms with E-state index < -0.39 is 0 Å². The lowest BCUT2D eigenvalue weighted by atomic mass is 10.0. The van der Waals surface area contributed by atoms with Gasteiger partial charge >= 0.3 is 0 Å². The highest BCUT2D eigenvalue weighted by molar-refractivity contribution is 5.76. The molecule has 0 spiro atoms. The normalized spacial score (nSPS) is 19.6.